The molecule has 0 aliphatic carbocycles. The standard InChI is InChI=1S/C13H16BrFN2O4S/c1-9-5-6-16(13(18)21-2)22(19,20)17(9)8-10-3-4-11(14)7-12(10)15/h3-4,7,9H,5-6,8H2,1-2H3. The summed E-state index contributed by atoms with van der Waals surface area (Å²) in [6.45, 7) is 1.63. The summed E-state index contributed by atoms with van der Waals surface area (Å²) in [5.74, 6) is -0.507. The molecule has 1 aliphatic rings. The highest BCUT2D eigenvalue weighted by Gasteiger charge is 2.41. The maximum Gasteiger partial charge on any atom is 0.424 e. The molecule has 0 bridgehead atoms. The van der Waals surface area contributed by atoms with Crippen LogP contribution in [0.5, 0.6) is 0 Å². The van der Waals surface area contributed by atoms with E-state index >= 15 is 0 Å². The van der Waals surface area contributed by atoms with Crippen molar-refractivity contribution in [2.45, 2.75) is 25.9 Å². The lowest BCUT2D eigenvalue weighted by atomic mass is 10.2. The molecule has 1 saturated heterocycles. The molecule has 22 heavy (non-hydrogen) atoms. The summed E-state index contributed by atoms with van der Waals surface area (Å²) in [5.41, 5.74) is 0.241. The van der Waals surface area contributed by atoms with Gasteiger partial charge in [0.05, 0.1) is 7.11 Å². The Morgan fingerprint density at radius 3 is 2.77 bits per heavy atom. The Morgan fingerprint density at radius 2 is 2.18 bits per heavy atom. The van der Waals surface area contributed by atoms with Crippen LogP contribution in [0.4, 0.5) is 9.18 Å². The zero-order valence-corrected chi connectivity index (χ0v) is 14.5. The number of rotatable bonds is 2. The first-order valence-electron chi connectivity index (χ1n) is 6.58. The van der Waals surface area contributed by atoms with Gasteiger partial charge in [-0.25, -0.2) is 9.18 Å². The molecule has 9 heteroatoms. The van der Waals surface area contributed by atoms with Gasteiger partial charge in [-0.15, -0.1) is 0 Å². The van der Waals surface area contributed by atoms with Gasteiger partial charge in [0, 0.05) is 29.2 Å². The second-order valence-electron chi connectivity index (χ2n) is 4.97. The summed E-state index contributed by atoms with van der Waals surface area (Å²) < 4.78 is 45.9. The quantitative estimate of drug-likeness (QED) is 0.772. The fraction of sp³-hybridized carbons (Fsp3) is 0.462. The molecular weight excluding hydrogens is 379 g/mol. The lowest BCUT2D eigenvalue weighted by molar-refractivity contribution is 0.135. The average molecular weight is 395 g/mol. The number of methoxy groups -OCH3 is 1. The third kappa shape index (κ3) is 3.26. The Labute approximate surface area is 137 Å². The van der Waals surface area contributed by atoms with Gasteiger partial charge in [-0.1, -0.05) is 22.0 Å². The van der Waals surface area contributed by atoms with Gasteiger partial charge >= 0.3 is 16.3 Å². The molecule has 1 atom stereocenters. The molecule has 6 nitrogen and oxygen atoms in total. The molecule has 1 aromatic rings. The first-order chi connectivity index (χ1) is 10.3. The molecule has 1 aliphatic heterocycles. The maximum atomic E-state index is 13.9. The van der Waals surface area contributed by atoms with Crippen LogP contribution in [0.1, 0.15) is 18.9 Å². The van der Waals surface area contributed by atoms with Crippen LogP contribution in [0.3, 0.4) is 0 Å². The molecule has 122 valence electrons. The molecule has 1 amide bonds. The number of hydrogen-bond donors (Lipinski definition) is 0. The lowest BCUT2D eigenvalue weighted by Gasteiger charge is -2.38. The van der Waals surface area contributed by atoms with Crippen molar-refractivity contribution >= 4 is 32.2 Å². The summed E-state index contributed by atoms with van der Waals surface area (Å²) >= 11 is 3.15. The molecule has 1 heterocycles. The number of carbonyl (C=O) groups excluding carboxylic acids is 1. The van der Waals surface area contributed by atoms with Crippen LogP contribution in [0.25, 0.3) is 0 Å². The molecule has 0 aromatic heterocycles. The van der Waals surface area contributed by atoms with Crippen molar-refractivity contribution in [2.75, 3.05) is 13.7 Å². The summed E-state index contributed by atoms with van der Waals surface area (Å²) in [4.78, 5) is 11.6. The summed E-state index contributed by atoms with van der Waals surface area (Å²) in [6, 6.07) is 4.08. The topological polar surface area (TPSA) is 66.9 Å². The molecule has 0 N–H and O–H groups in total. The highest BCUT2D eigenvalue weighted by atomic mass is 79.9. The normalized spacial score (nSPS) is 21.6. The predicted molar refractivity (Wildman–Crippen MR) is 81.8 cm³/mol. The maximum absolute atomic E-state index is 13.9. The molecular formula is C13H16BrFN2O4S. The molecule has 0 spiro atoms. The Balaban J connectivity index is 2.33. The average Bonchev–Trinajstić information content (AvgIpc) is 2.44. The molecule has 1 fully saturated rings. The van der Waals surface area contributed by atoms with Gasteiger partial charge in [-0.05, 0) is 25.5 Å². The Bertz CT molecular complexity index is 683. The van der Waals surface area contributed by atoms with Crippen LogP contribution < -0.4 is 0 Å². The van der Waals surface area contributed by atoms with Crippen LogP contribution in [-0.4, -0.2) is 42.8 Å². The fourth-order valence-corrected chi connectivity index (χ4v) is 4.31. The number of hydrogen-bond acceptors (Lipinski definition) is 4. The van der Waals surface area contributed by atoms with Gasteiger partial charge in [-0.2, -0.15) is 17.0 Å². The number of amides is 1. The van der Waals surface area contributed by atoms with Crippen LogP contribution in [0, 0.1) is 5.82 Å². The van der Waals surface area contributed by atoms with Gasteiger partial charge in [0.15, 0.2) is 0 Å². The minimum atomic E-state index is -4.04. The highest BCUT2D eigenvalue weighted by molar-refractivity contribution is 9.10. The molecule has 0 saturated carbocycles. The second-order valence-corrected chi connectivity index (χ2v) is 7.69. The minimum Gasteiger partial charge on any atom is -0.452 e. The zero-order valence-electron chi connectivity index (χ0n) is 12.1. The number of nitrogens with zero attached hydrogens (tertiary/aromatic N) is 2. The van der Waals surface area contributed by atoms with Crippen LogP contribution in [-0.2, 0) is 21.5 Å². The highest BCUT2D eigenvalue weighted by Crippen LogP contribution is 2.26. The van der Waals surface area contributed by atoms with Crippen molar-refractivity contribution in [3.8, 4) is 0 Å². The van der Waals surface area contributed by atoms with Crippen molar-refractivity contribution in [2.24, 2.45) is 0 Å². The van der Waals surface area contributed by atoms with Gasteiger partial charge in [0.1, 0.15) is 5.82 Å². The van der Waals surface area contributed by atoms with Crippen molar-refractivity contribution in [1.82, 2.24) is 8.61 Å². The Hall–Kier alpha value is -1.19. The van der Waals surface area contributed by atoms with Crippen LogP contribution >= 0.6 is 15.9 Å². The number of carbonyl (C=O) groups is 1. The van der Waals surface area contributed by atoms with E-state index < -0.39 is 22.1 Å². The van der Waals surface area contributed by atoms with E-state index in [2.05, 4.69) is 20.7 Å². The first-order valence-corrected chi connectivity index (χ1v) is 8.77. The van der Waals surface area contributed by atoms with Gasteiger partial charge in [0.25, 0.3) is 0 Å². The van der Waals surface area contributed by atoms with Crippen LogP contribution in [0.15, 0.2) is 22.7 Å². The summed E-state index contributed by atoms with van der Waals surface area (Å²) in [5, 5.41) is 0. The van der Waals surface area contributed by atoms with E-state index in [1.54, 1.807) is 13.0 Å². The van der Waals surface area contributed by atoms with E-state index in [9.17, 15) is 17.6 Å². The van der Waals surface area contributed by atoms with Gasteiger partial charge in [0.2, 0.25) is 0 Å². The molecule has 1 unspecified atom stereocenters. The number of benzene rings is 1. The third-order valence-corrected chi connectivity index (χ3v) is 6.00. The summed E-state index contributed by atoms with van der Waals surface area (Å²) in [7, 11) is -2.92. The van der Waals surface area contributed by atoms with E-state index in [4.69, 9.17) is 0 Å². The Kier molecular flexibility index (Phi) is 5.08. The number of halogens is 2. The van der Waals surface area contributed by atoms with Gasteiger partial charge in [-0.3, -0.25) is 0 Å². The third-order valence-electron chi connectivity index (χ3n) is 3.54. The van der Waals surface area contributed by atoms with E-state index in [0.717, 1.165) is 11.4 Å². The minimum absolute atomic E-state index is 0.0511. The second kappa shape index (κ2) is 6.51. The summed E-state index contributed by atoms with van der Waals surface area (Å²) in [6.07, 6.45) is -0.486. The van der Waals surface area contributed by atoms with E-state index in [1.807, 2.05) is 0 Å². The zero-order chi connectivity index (χ0) is 16.5. The van der Waals surface area contributed by atoms with E-state index in [1.165, 1.54) is 12.1 Å². The van der Waals surface area contributed by atoms with Crippen molar-refractivity contribution in [3.05, 3.63) is 34.1 Å². The number of ether oxygens (including phenoxy) is 1. The van der Waals surface area contributed by atoms with Gasteiger partial charge < -0.3 is 4.74 Å². The van der Waals surface area contributed by atoms with Crippen molar-refractivity contribution < 1.29 is 22.3 Å². The Morgan fingerprint density at radius 1 is 1.50 bits per heavy atom. The fourth-order valence-electron chi connectivity index (χ4n) is 2.26. The first kappa shape index (κ1) is 17.2. The van der Waals surface area contributed by atoms with E-state index in [0.29, 0.717) is 15.2 Å². The largest absolute Gasteiger partial charge is 0.452 e. The molecule has 2 rings (SSSR count). The van der Waals surface area contributed by atoms with Crippen molar-refractivity contribution in [3.63, 3.8) is 0 Å². The molecule has 0 radical (unpaired) electrons. The predicted octanol–water partition coefficient (Wildman–Crippen LogP) is 2.50. The smallest absolute Gasteiger partial charge is 0.424 e. The lowest BCUT2D eigenvalue weighted by Crippen LogP contribution is -2.55. The van der Waals surface area contributed by atoms with Crippen LogP contribution in [0.2, 0.25) is 0 Å². The SMILES string of the molecule is COC(=O)N1CCC(C)N(Cc2ccc(Br)cc2F)S1(=O)=O. The van der Waals surface area contributed by atoms with E-state index in [-0.39, 0.29) is 24.7 Å². The monoisotopic (exact) mass is 394 g/mol. The molecule has 1 aromatic carbocycles. The van der Waals surface area contributed by atoms with Crippen molar-refractivity contribution in [1.29, 1.82) is 0 Å².